The molecule has 19 heavy (non-hydrogen) atoms. The molecule has 0 aliphatic carbocycles. The Hall–Kier alpha value is -1.67. The number of aromatic nitrogens is 1. The van der Waals surface area contributed by atoms with Gasteiger partial charge in [-0.3, -0.25) is 4.72 Å². The standard InChI is InChI=1S/C11H16N2O5S/c1-8(2)18-5-6-19(16,17)13-9-3-4-10(11(14)15)12-7-9/h3-4,7-8,13H,5-6H2,1-2H3,(H,14,15). The molecule has 7 nitrogen and oxygen atoms in total. The van der Waals surface area contributed by atoms with Crippen LogP contribution in [0.2, 0.25) is 0 Å². The highest BCUT2D eigenvalue weighted by Crippen LogP contribution is 2.09. The Morgan fingerprint density at radius 1 is 1.47 bits per heavy atom. The molecule has 8 heteroatoms. The van der Waals surface area contributed by atoms with Gasteiger partial charge >= 0.3 is 5.97 Å². The molecule has 0 saturated carbocycles. The van der Waals surface area contributed by atoms with E-state index in [2.05, 4.69) is 9.71 Å². The van der Waals surface area contributed by atoms with Crippen molar-refractivity contribution in [1.29, 1.82) is 0 Å². The van der Waals surface area contributed by atoms with Crippen molar-refractivity contribution in [2.24, 2.45) is 0 Å². The maximum atomic E-state index is 11.7. The highest BCUT2D eigenvalue weighted by molar-refractivity contribution is 7.92. The normalized spacial score (nSPS) is 11.5. The minimum Gasteiger partial charge on any atom is -0.477 e. The summed E-state index contributed by atoms with van der Waals surface area (Å²) in [7, 11) is -3.53. The van der Waals surface area contributed by atoms with Crippen LogP contribution in [-0.4, -0.2) is 42.9 Å². The molecular weight excluding hydrogens is 272 g/mol. The van der Waals surface area contributed by atoms with Crippen molar-refractivity contribution >= 4 is 21.7 Å². The van der Waals surface area contributed by atoms with Crippen LogP contribution in [0.5, 0.6) is 0 Å². The number of aromatic carboxylic acids is 1. The molecule has 0 fully saturated rings. The minimum atomic E-state index is -3.53. The molecule has 106 valence electrons. The van der Waals surface area contributed by atoms with Crippen LogP contribution in [0, 0.1) is 0 Å². The second kappa shape index (κ2) is 6.48. The molecule has 0 radical (unpaired) electrons. The van der Waals surface area contributed by atoms with E-state index in [1.54, 1.807) is 0 Å². The van der Waals surface area contributed by atoms with Crippen molar-refractivity contribution in [1.82, 2.24) is 4.98 Å². The fourth-order valence-electron chi connectivity index (χ4n) is 1.20. The van der Waals surface area contributed by atoms with E-state index in [0.717, 1.165) is 6.20 Å². The van der Waals surface area contributed by atoms with Gasteiger partial charge in [0.05, 0.1) is 30.3 Å². The second-order valence-electron chi connectivity index (χ2n) is 4.08. The van der Waals surface area contributed by atoms with Gasteiger partial charge in [-0.15, -0.1) is 0 Å². The molecule has 0 aliphatic rings. The Morgan fingerprint density at radius 2 is 2.16 bits per heavy atom. The molecule has 1 aromatic heterocycles. The number of carbonyl (C=O) groups is 1. The maximum Gasteiger partial charge on any atom is 0.354 e. The molecule has 1 aromatic rings. The molecule has 0 atom stereocenters. The summed E-state index contributed by atoms with van der Waals surface area (Å²) in [6.07, 6.45) is 1.12. The molecule has 0 spiro atoms. The number of nitrogens with zero attached hydrogens (tertiary/aromatic N) is 1. The number of hydrogen-bond acceptors (Lipinski definition) is 5. The number of hydrogen-bond donors (Lipinski definition) is 2. The van der Waals surface area contributed by atoms with Crippen LogP contribution >= 0.6 is 0 Å². The molecule has 0 bridgehead atoms. The van der Waals surface area contributed by atoms with Gasteiger partial charge in [0.2, 0.25) is 10.0 Å². The van der Waals surface area contributed by atoms with Gasteiger partial charge in [-0.2, -0.15) is 0 Å². The third-order valence-electron chi connectivity index (χ3n) is 2.06. The molecule has 0 aliphatic heterocycles. The third-order valence-corrected chi connectivity index (χ3v) is 3.31. The number of carboxylic acid groups (broad SMARTS) is 1. The lowest BCUT2D eigenvalue weighted by molar-refractivity contribution is 0.0690. The van der Waals surface area contributed by atoms with Crippen molar-refractivity contribution in [2.75, 3.05) is 17.1 Å². The Morgan fingerprint density at radius 3 is 2.63 bits per heavy atom. The van der Waals surface area contributed by atoms with Crippen LogP contribution in [0.3, 0.4) is 0 Å². The van der Waals surface area contributed by atoms with Crippen LogP contribution in [0.1, 0.15) is 24.3 Å². The number of anilines is 1. The van der Waals surface area contributed by atoms with Gasteiger partial charge in [0.15, 0.2) is 0 Å². The van der Waals surface area contributed by atoms with Crippen molar-refractivity contribution in [3.8, 4) is 0 Å². The zero-order valence-corrected chi connectivity index (χ0v) is 11.5. The van der Waals surface area contributed by atoms with Crippen molar-refractivity contribution in [3.63, 3.8) is 0 Å². The van der Waals surface area contributed by atoms with E-state index in [-0.39, 0.29) is 29.8 Å². The lowest BCUT2D eigenvalue weighted by atomic mass is 10.3. The Balaban J connectivity index is 2.60. The molecular formula is C11H16N2O5S. The van der Waals surface area contributed by atoms with Gasteiger partial charge in [0, 0.05) is 0 Å². The molecule has 0 aromatic carbocycles. The first-order valence-corrected chi connectivity index (χ1v) is 7.27. The first kappa shape index (κ1) is 15.4. The molecule has 0 amide bonds. The summed E-state index contributed by atoms with van der Waals surface area (Å²) in [6.45, 7) is 3.72. The van der Waals surface area contributed by atoms with Crippen molar-refractivity contribution in [3.05, 3.63) is 24.0 Å². The first-order chi connectivity index (χ1) is 8.80. The highest BCUT2D eigenvalue weighted by Gasteiger charge is 2.12. The predicted molar refractivity (Wildman–Crippen MR) is 69.7 cm³/mol. The fourth-order valence-corrected chi connectivity index (χ4v) is 2.10. The summed E-state index contributed by atoms with van der Waals surface area (Å²) in [5.41, 5.74) is 0.0700. The number of nitrogens with one attached hydrogen (secondary N) is 1. The molecule has 1 heterocycles. The smallest absolute Gasteiger partial charge is 0.354 e. The summed E-state index contributed by atoms with van der Waals surface area (Å²) < 4.78 is 30.8. The Kier molecular flexibility index (Phi) is 5.25. The first-order valence-electron chi connectivity index (χ1n) is 5.61. The van der Waals surface area contributed by atoms with E-state index in [9.17, 15) is 13.2 Å². The largest absolute Gasteiger partial charge is 0.477 e. The van der Waals surface area contributed by atoms with Crippen molar-refractivity contribution < 1.29 is 23.1 Å². The van der Waals surface area contributed by atoms with Gasteiger partial charge < -0.3 is 9.84 Å². The summed E-state index contributed by atoms with van der Waals surface area (Å²) in [5.74, 6) is -1.34. The maximum absolute atomic E-state index is 11.7. The fraction of sp³-hybridized carbons (Fsp3) is 0.455. The Bertz CT molecular complexity index is 525. The number of sulfonamides is 1. The number of ether oxygens (including phenoxy) is 1. The van der Waals surface area contributed by atoms with E-state index >= 15 is 0 Å². The second-order valence-corrected chi connectivity index (χ2v) is 5.92. The molecule has 0 saturated heterocycles. The topological polar surface area (TPSA) is 106 Å². The van der Waals surface area contributed by atoms with E-state index in [1.165, 1.54) is 12.1 Å². The Labute approximate surface area is 111 Å². The van der Waals surface area contributed by atoms with Crippen LogP contribution in [0.25, 0.3) is 0 Å². The molecule has 0 unspecified atom stereocenters. The number of rotatable bonds is 7. The lowest BCUT2D eigenvalue weighted by Crippen LogP contribution is -2.21. The third kappa shape index (κ3) is 5.66. The van der Waals surface area contributed by atoms with E-state index in [0.29, 0.717) is 0 Å². The highest BCUT2D eigenvalue weighted by atomic mass is 32.2. The summed E-state index contributed by atoms with van der Waals surface area (Å²) in [6, 6.07) is 2.57. The summed E-state index contributed by atoms with van der Waals surface area (Å²) in [4.78, 5) is 14.2. The van der Waals surface area contributed by atoms with E-state index in [1.807, 2.05) is 13.8 Å². The zero-order chi connectivity index (χ0) is 14.5. The van der Waals surface area contributed by atoms with Crippen LogP contribution in [0.4, 0.5) is 5.69 Å². The van der Waals surface area contributed by atoms with Gasteiger partial charge in [-0.05, 0) is 26.0 Å². The van der Waals surface area contributed by atoms with Gasteiger partial charge in [-0.25, -0.2) is 18.2 Å². The monoisotopic (exact) mass is 288 g/mol. The van der Waals surface area contributed by atoms with E-state index < -0.39 is 16.0 Å². The summed E-state index contributed by atoms with van der Waals surface area (Å²) >= 11 is 0. The number of pyridine rings is 1. The predicted octanol–water partition coefficient (Wildman–Crippen LogP) is 0.946. The SMILES string of the molecule is CC(C)OCCS(=O)(=O)Nc1ccc(C(=O)O)nc1. The lowest BCUT2D eigenvalue weighted by Gasteiger charge is -2.10. The minimum absolute atomic E-state index is 0.0354. The van der Waals surface area contributed by atoms with Gasteiger partial charge in [-0.1, -0.05) is 0 Å². The quantitative estimate of drug-likeness (QED) is 0.773. The van der Waals surface area contributed by atoms with Crippen molar-refractivity contribution in [2.45, 2.75) is 20.0 Å². The molecule has 1 rings (SSSR count). The van der Waals surface area contributed by atoms with Gasteiger partial charge in [0.25, 0.3) is 0 Å². The molecule has 2 N–H and O–H groups in total. The number of carboxylic acids is 1. The summed E-state index contributed by atoms with van der Waals surface area (Å²) in [5, 5.41) is 8.66. The van der Waals surface area contributed by atoms with Crippen LogP contribution in [-0.2, 0) is 14.8 Å². The average molecular weight is 288 g/mol. The van der Waals surface area contributed by atoms with E-state index in [4.69, 9.17) is 9.84 Å². The van der Waals surface area contributed by atoms with Crippen LogP contribution < -0.4 is 4.72 Å². The van der Waals surface area contributed by atoms with Gasteiger partial charge in [0.1, 0.15) is 5.69 Å². The zero-order valence-electron chi connectivity index (χ0n) is 10.7. The average Bonchev–Trinajstić information content (AvgIpc) is 2.28. The van der Waals surface area contributed by atoms with Crippen LogP contribution in [0.15, 0.2) is 18.3 Å².